The van der Waals surface area contributed by atoms with Crippen molar-refractivity contribution < 1.29 is 19.5 Å². The van der Waals surface area contributed by atoms with Crippen molar-refractivity contribution in [2.45, 2.75) is 45.2 Å². The Kier molecular flexibility index (Phi) is 4.97. The number of amides is 3. The fourth-order valence-electron chi connectivity index (χ4n) is 2.34. The second-order valence-electron chi connectivity index (χ2n) is 5.57. The lowest BCUT2D eigenvalue weighted by atomic mass is 9.98. The number of carboxylic acid groups (broad SMARTS) is 1. The van der Waals surface area contributed by atoms with E-state index in [0.717, 1.165) is 0 Å². The van der Waals surface area contributed by atoms with Gasteiger partial charge in [-0.1, -0.05) is 13.3 Å². The van der Waals surface area contributed by atoms with E-state index in [2.05, 4.69) is 5.32 Å². The number of nitrogens with one attached hydrogen (secondary N) is 1. The van der Waals surface area contributed by atoms with Crippen LogP contribution >= 0.6 is 0 Å². The van der Waals surface area contributed by atoms with Crippen LogP contribution in [0.1, 0.15) is 33.6 Å². The van der Waals surface area contributed by atoms with Crippen molar-refractivity contribution in [3.8, 4) is 0 Å². The maximum absolute atomic E-state index is 12.2. The Morgan fingerprint density at radius 3 is 2.50 bits per heavy atom. The highest BCUT2D eigenvalue weighted by Gasteiger charge is 2.43. The minimum absolute atomic E-state index is 0.152. The first kappa shape index (κ1) is 16.3. The van der Waals surface area contributed by atoms with Gasteiger partial charge in [0.1, 0.15) is 11.6 Å². The Morgan fingerprint density at radius 1 is 1.40 bits per heavy atom. The van der Waals surface area contributed by atoms with E-state index in [1.807, 2.05) is 6.92 Å². The molecule has 1 saturated heterocycles. The van der Waals surface area contributed by atoms with Crippen molar-refractivity contribution in [3.05, 3.63) is 0 Å². The summed E-state index contributed by atoms with van der Waals surface area (Å²) in [5.74, 6) is -1.21. The summed E-state index contributed by atoms with van der Waals surface area (Å²) in [4.78, 5) is 38.4. The summed E-state index contributed by atoms with van der Waals surface area (Å²) in [5, 5.41) is 11.6. The zero-order chi connectivity index (χ0) is 15.5. The van der Waals surface area contributed by atoms with Crippen LogP contribution in [0.3, 0.4) is 0 Å². The molecular weight excluding hydrogens is 262 g/mol. The van der Waals surface area contributed by atoms with Crippen LogP contribution in [0.5, 0.6) is 0 Å². The van der Waals surface area contributed by atoms with E-state index in [0.29, 0.717) is 25.9 Å². The van der Waals surface area contributed by atoms with Gasteiger partial charge in [-0.2, -0.15) is 0 Å². The fraction of sp³-hybridized carbons (Fsp3) is 0.769. The van der Waals surface area contributed by atoms with E-state index < -0.39 is 23.6 Å². The van der Waals surface area contributed by atoms with Crippen LogP contribution in [0.2, 0.25) is 0 Å². The number of piperazine rings is 1. The molecule has 0 saturated carbocycles. The quantitative estimate of drug-likeness (QED) is 0.787. The van der Waals surface area contributed by atoms with Gasteiger partial charge < -0.3 is 20.2 Å². The molecule has 1 aliphatic rings. The molecule has 7 heteroatoms. The molecule has 1 fully saturated rings. The maximum atomic E-state index is 12.2. The molecule has 0 unspecified atom stereocenters. The van der Waals surface area contributed by atoms with Crippen LogP contribution in [0.15, 0.2) is 0 Å². The van der Waals surface area contributed by atoms with Crippen LogP contribution < -0.4 is 5.32 Å². The van der Waals surface area contributed by atoms with Crippen LogP contribution in [-0.4, -0.2) is 64.5 Å². The van der Waals surface area contributed by atoms with Gasteiger partial charge in [0.15, 0.2) is 0 Å². The maximum Gasteiger partial charge on any atom is 0.326 e. The summed E-state index contributed by atoms with van der Waals surface area (Å²) >= 11 is 0. The van der Waals surface area contributed by atoms with Gasteiger partial charge in [-0.25, -0.2) is 9.59 Å². The highest BCUT2D eigenvalue weighted by Crippen LogP contribution is 2.21. The molecule has 2 N–H and O–H groups in total. The largest absolute Gasteiger partial charge is 0.480 e. The van der Waals surface area contributed by atoms with E-state index in [1.165, 1.54) is 4.90 Å². The van der Waals surface area contributed by atoms with E-state index in [-0.39, 0.29) is 5.91 Å². The standard InChI is InChI=1S/C13H23N3O4/c1-5-6-9(10(17)18)14-12(20)16-8-7-15(4)11(19)13(16,2)3/h9H,5-8H2,1-4H3,(H,14,20)(H,17,18)/t9-/m1/s1. The third-order valence-electron chi connectivity index (χ3n) is 3.62. The normalized spacial score (nSPS) is 19.7. The molecule has 1 atom stereocenters. The molecule has 114 valence electrons. The summed E-state index contributed by atoms with van der Waals surface area (Å²) in [6.07, 6.45) is 1.02. The van der Waals surface area contributed by atoms with Gasteiger partial charge in [0.05, 0.1) is 0 Å². The number of urea groups is 1. The summed E-state index contributed by atoms with van der Waals surface area (Å²) in [5.41, 5.74) is -0.966. The number of likely N-dealkylation sites (N-methyl/N-ethyl adjacent to an activating group) is 1. The zero-order valence-corrected chi connectivity index (χ0v) is 12.5. The lowest BCUT2D eigenvalue weighted by Crippen LogP contribution is -2.66. The Balaban J connectivity index is 2.81. The second-order valence-corrected chi connectivity index (χ2v) is 5.57. The Morgan fingerprint density at radius 2 is 2.00 bits per heavy atom. The molecule has 0 aromatic rings. The van der Waals surface area contributed by atoms with Gasteiger partial charge >= 0.3 is 12.0 Å². The predicted octanol–water partition coefficient (Wildman–Crippen LogP) is 0.502. The summed E-state index contributed by atoms with van der Waals surface area (Å²) in [7, 11) is 1.69. The van der Waals surface area contributed by atoms with E-state index >= 15 is 0 Å². The molecular formula is C13H23N3O4. The van der Waals surface area contributed by atoms with Crippen molar-refractivity contribution >= 4 is 17.9 Å². The SMILES string of the molecule is CCC[C@@H](NC(=O)N1CCN(C)C(=O)C1(C)C)C(=O)O. The third kappa shape index (κ3) is 3.20. The molecule has 0 aromatic heterocycles. The third-order valence-corrected chi connectivity index (χ3v) is 3.62. The van der Waals surface area contributed by atoms with Crippen molar-refractivity contribution in [1.82, 2.24) is 15.1 Å². The molecule has 7 nitrogen and oxygen atoms in total. The van der Waals surface area contributed by atoms with Gasteiger partial charge in [-0.3, -0.25) is 4.79 Å². The van der Waals surface area contributed by atoms with Gasteiger partial charge in [0.25, 0.3) is 0 Å². The number of hydrogen-bond donors (Lipinski definition) is 2. The first-order valence-corrected chi connectivity index (χ1v) is 6.78. The van der Waals surface area contributed by atoms with Gasteiger partial charge in [-0.05, 0) is 20.3 Å². The predicted molar refractivity (Wildman–Crippen MR) is 73.3 cm³/mol. The number of carboxylic acids is 1. The van der Waals surface area contributed by atoms with Crippen molar-refractivity contribution in [2.24, 2.45) is 0 Å². The number of carbonyl (C=O) groups excluding carboxylic acids is 2. The van der Waals surface area contributed by atoms with Crippen LogP contribution in [0.4, 0.5) is 4.79 Å². The molecule has 0 spiro atoms. The molecule has 0 bridgehead atoms. The first-order chi connectivity index (χ1) is 9.21. The lowest BCUT2D eigenvalue weighted by Gasteiger charge is -2.44. The molecule has 1 aliphatic heterocycles. The van der Waals surface area contributed by atoms with E-state index in [4.69, 9.17) is 5.11 Å². The van der Waals surface area contributed by atoms with Crippen LogP contribution in [0.25, 0.3) is 0 Å². The average molecular weight is 285 g/mol. The monoisotopic (exact) mass is 285 g/mol. The number of aliphatic carboxylic acids is 1. The Labute approximate surface area is 118 Å². The Bertz CT molecular complexity index is 408. The van der Waals surface area contributed by atoms with Crippen molar-refractivity contribution in [2.75, 3.05) is 20.1 Å². The minimum atomic E-state index is -1.06. The molecule has 1 rings (SSSR count). The van der Waals surface area contributed by atoms with Crippen molar-refractivity contribution in [1.29, 1.82) is 0 Å². The summed E-state index contributed by atoms with van der Waals surface area (Å²) < 4.78 is 0. The van der Waals surface area contributed by atoms with E-state index in [1.54, 1.807) is 25.8 Å². The molecule has 3 amide bonds. The number of nitrogens with zero attached hydrogens (tertiary/aromatic N) is 2. The molecule has 20 heavy (non-hydrogen) atoms. The number of carbonyl (C=O) groups is 3. The highest BCUT2D eigenvalue weighted by molar-refractivity contribution is 5.92. The topological polar surface area (TPSA) is 90.0 Å². The number of hydrogen-bond acceptors (Lipinski definition) is 3. The fourth-order valence-corrected chi connectivity index (χ4v) is 2.34. The smallest absolute Gasteiger partial charge is 0.326 e. The minimum Gasteiger partial charge on any atom is -0.480 e. The molecule has 0 aromatic carbocycles. The molecule has 1 heterocycles. The molecule has 0 aliphatic carbocycles. The summed E-state index contributed by atoms with van der Waals surface area (Å²) in [6, 6.07) is -1.42. The van der Waals surface area contributed by atoms with Gasteiger partial charge in [0.2, 0.25) is 5.91 Å². The van der Waals surface area contributed by atoms with E-state index in [9.17, 15) is 14.4 Å². The summed E-state index contributed by atoms with van der Waals surface area (Å²) in [6.45, 7) is 6.02. The highest BCUT2D eigenvalue weighted by atomic mass is 16.4. The average Bonchev–Trinajstić information content (AvgIpc) is 2.35. The second kappa shape index (κ2) is 6.11. The first-order valence-electron chi connectivity index (χ1n) is 6.78. The Hall–Kier alpha value is -1.79. The van der Waals surface area contributed by atoms with Crippen LogP contribution in [0, 0.1) is 0 Å². The van der Waals surface area contributed by atoms with Gasteiger partial charge in [0, 0.05) is 20.1 Å². The van der Waals surface area contributed by atoms with Crippen molar-refractivity contribution in [3.63, 3.8) is 0 Å². The molecule has 0 radical (unpaired) electrons. The lowest BCUT2D eigenvalue weighted by molar-refractivity contribution is -0.144. The van der Waals surface area contributed by atoms with Gasteiger partial charge in [-0.15, -0.1) is 0 Å². The number of rotatable bonds is 4. The zero-order valence-electron chi connectivity index (χ0n) is 12.5. The van der Waals surface area contributed by atoms with Crippen LogP contribution in [-0.2, 0) is 9.59 Å².